The Hall–Kier alpha value is -1.06. The molecule has 1 aromatic rings. The van der Waals surface area contributed by atoms with E-state index in [4.69, 9.17) is 17.3 Å². The van der Waals surface area contributed by atoms with Crippen LogP contribution < -0.4 is 11.1 Å². The molecule has 0 bridgehead atoms. The van der Waals surface area contributed by atoms with Gasteiger partial charge in [-0.2, -0.15) is 0 Å². The molecule has 2 aliphatic rings. The van der Waals surface area contributed by atoms with Crippen LogP contribution in [0.1, 0.15) is 43.6 Å². The molecule has 0 spiro atoms. The maximum absolute atomic E-state index is 12.4. The van der Waals surface area contributed by atoms with E-state index in [9.17, 15) is 4.79 Å². The fraction of sp³-hybridized carbons (Fsp3) is 0.562. The molecule has 0 aliphatic heterocycles. The van der Waals surface area contributed by atoms with E-state index in [0.717, 1.165) is 24.3 Å². The van der Waals surface area contributed by atoms with Crippen LogP contribution in [0.5, 0.6) is 0 Å². The molecule has 20 heavy (non-hydrogen) atoms. The molecule has 2 fully saturated rings. The van der Waals surface area contributed by atoms with Gasteiger partial charge in [-0.25, -0.2) is 0 Å². The maximum Gasteiger partial charge on any atom is 0.224 e. The third-order valence-corrected chi connectivity index (χ3v) is 4.98. The molecule has 3 N–H and O–H groups in total. The van der Waals surface area contributed by atoms with Crippen LogP contribution in [0.25, 0.3) is 0 Å². The number of benzene rings is 1. The van der Waals surface area contributed by atoms with Crippen molar-refractivity contribution in [2.24, 2.45) is 11.7 Å². The first-order chi connectivity index (χ1) is 9.63. The summed E-state index contributed by atoms with van der Waals surface area (Å²) in [4.78, 5) is 12.4. The van der Waals surface area contributed by atoms with Crippen molar-refractivity contribution in [1.29, 1.82) is 0 Å². The Morgan fingerprint density at radius 3 is 2.80 bits per heavy atom. The Morgan fingerprint density at radius 2 is 2.15 bits per heavy atom. The average Bonchev–Trinajstić information content (AvgIpc) is 3.13. The van der Waals surface area contributed by atoms with Crippen molar-refractivity contribution in [2.45, 2.75) is 43.6 Å². The molecule has 108 valence electrons. The topological polar surface area (TPSA) is 55.1 Å². The summed E-state index contributed by atoms with van der Waals surface area (Å²) in [5, 5.41) is 3.96. The SMILES string of the molecule is NCC1(NC(=O)C2CC2c2cccc(Cl)c2)CCCC1. The van der Waals surface area contributed by atoms with Crippen LogP contribution in [0.15, 0.2) is 24.3 Å². The van der Waals surface area contributed by atoms with Gasteiger partial charge in [-0.05, 0) is 42.9 Å². The molecule has 2 saturated carbocycles. The van der Waals surface area contributed by atoms with E-state index in [1.54, 1.807) is 0 Å². The van der Waals surface area contributed by atoms with Gasteiger partial charge in [0.2, 0.25) is 5.91 Å². The summed E-state index contributed by atoms with van der Waals surface area (Å²) >= 11 is 6.01. The monoisotopic (exact) mass is 292 g/mol. The Kier molecular flexibility index (Phi) is 3.74. The van der Waals surface area contributed by atoms with Gasteiger partial charge in [0.25, 0.3) is 0 Å². The third kappa shape index (κ3) is 2.70. The number of carbonyl (C=O) groups is 1. The molecule has 0 heterocycles. The lowest BCUT2D eigenvalue weighted by molar-refractivity contribution is -0.124. The second-order valence-corrected chi connectivity index (χ2v) is 6.62. The van der Waals surface area contributed by atoms with Crippen molar-refractivity contribution >= 4 is 17.5 Å². The summed E-state index contributed by atoms with van der Waals surface area (Å²) in [5.74, 6) is 0.588. The Balaban J connectivity index is 1.63. The van der Waals surface area contributed by atoms with Gasteiger partial charge >= 0.3 is 0 Å². The van der Waals surface area contributed by atoms with Gasteiger partial charge in [-0.15, -0.1) is 0 Å². The zero-order valence-electron chi connectivity index (χ0n) is 11.6. The first-order valence-corrected chi connectivity index (χ1v) is 7.79. The molecule has 3 rings (SSSR count). The number of hydrogen-bond donors (Lipinski definition) is 2. The van der Waals surface area contributed by atoms with Crippen molar-refractivity contribution in [3.05, 3.63) is 34.9 Å². The van der Waals surface area contributed by atoms with Crippen molar-refractivity contribution in [2.75, 3.05) is 6.54 Å². The second kappa shape index (κ2) is 5.38. The molecule has 4 heteroatoms. The van der Waals surface area contributed by atoms with Gasteiger partial charge in [0.1, 0.15) is 0 Å². The summed E-state index contributed by atoms with van der Waals surface area (Å²) in [6.45, 7) is 0.549. The minimum absolute atomic E-state index is 0.0949. The predicted molar refractivity (Wildman–Crippen MR) is 80.7 cm³/mol. The summed E-state index contributed by atoms with van der Waals surface area (Å²) in [6, 6.07) is 7.83. The first-order valence-electron chi connectivity index (χ1n) is 7.41. The Bertz CT molecular complexity index is 511. The number of nitrogens with two attached hydrogens (primary N) is 1. The number of hydrogen-bond acceptors (Lipinski definition) is 2. The normalized spacial score (nSPS) is 27.3. The van der Waals surface area contributed by atoms with Crippen LogP contribution >= 0.6 is 11.6 Å². The van der Waals surface area contributed by atoms with Crippen LogP contribution in [0.2, 0.25) is 5.02 Å². The lowest BCUT2D eigenvalue weighted by atomic mass is 9.97. The van der Waals surface area contributed by atoms with Crippen molar-refractivity contribution in [1.82, 2.24) is 5.32 Å². The van der Waals surface area contributed by atoms with E-state index < -0.39 is 0 Å². The molecule has 2 atom stereocenters. The van der Waals surface area contributed by atoms with Gasteiger partial charge in [-0.1, -0.05) is 36.6 Å². The average molecular weight is 293 g/mol. The van der Waals surface area contributed by atoms with Crippen molar-refractivity contribution in [3.63, 3.8) is 0 Å². The van der Waals surface area contributed by atoms with E-state index in [2.05, 4.69) is 11.4 Å². The molecule has 0 saturated heterocycles. The summed E-state index contributed by atoms with van der Waals surface area (Å²) < 4.78 is 0. The van der Waals surface area contributed by atoms with Crippen molar-refractivity contribution < 1.29 is 4.79 Å². The van der Waals surface area contributed by atoms with E-state index in [0.29, 0.717) is 12.5 Å². The summed E-state index contributed by atoms with van der Waals surface area (Å²) in [7, 11) is 0. The number of halogens is 1. The first kappa shape index (κ1) is 13.9. The number of nitrogens with one attached hydrogen (secondary N) is 1. The minimum atomic E-state index is -0.140. The third-order valence-electron chi connectivity index (χ3n) is 4.74. The van der Waals surface area contributed by atoms with Gasteiger partial charge in [0.05, 0.1) is 5.54 Å². The predicted octanol–water partition coefficient (Wildman–Crippen LogP) is 2.83. The number of amides is 1. The van der Waals surface area contributed by atoms with Crippen LogP contribution in [-0.2, 0) is 4.79 Å². The number of rotatable bonds is 4. The fourth-order valence-corrected chi connectivity index (χ4v) is 3.58. The number of carbonyl (C=O) groups excluding carboxylic acids is 1. The maximum atomic E-state index is 12.4. The van der Waals surface area contributed by atoms with E-state index in [-0.39, 0.29) is 17.4 Å². The Labute approximate surface area is 124 Å². The quantitative estimate of drug-likeness (QED) is 0.896. The van der Waals surface area contributed by atoms with E-state index >= 15 is 0 Å². The Morgan fingerprint density at radius 1 is 1.40 bits per heavy atom. The van der Waals surface area contributed by atoms with Gasteiger partial charge < -0.3 is 11.1 Å². The zero-order chi connectivity index (χ0) is 14.2. The largest absolute Gasteiger partial charge is 0.349 e. The molecular formula is C16H21ClN2O. The minimum Gasteiger partial charge on any atom is -0.349 e. The molecule has 1 amide bonds. The highest BCUT2D eigenvalue weighted by molar-refractivity contribution is 6.30. The molecule has 1 aromatic carbocycles. The smallest absolute Gasteiger partial charge is 0.224 e. The van der Waals surface area contributed by atoms with E-state index in [1.807, 2.05) is 18.2 Å². The van der Waals surface area contributed by atoms with Gasteiger partial charge in [0, 0.05) is 17.5 Å². The van der Waals surface area contributed by atoms with Crippen LogP contribution in [-0.4, -0.2) is 18.0 Å². The van der Waals surface area contributed by atoms with Gasteiger partial charge in [-0.3, -0.25) is 4.79 Å². The molecular weight excluding hydrogens is 272 g/mol. The van der Waals surface area contributed by atoms with Crippen LogP contribution in [0.3, 0.4) is 0 Å². The molecule has 0 aromatic heterocycles. The highest BCUT2D eigenvalue weighted by Gasteiger charge is 2.46. The molecule has 3 nitrogen and oxygen atoms in total. The van der Waals surface area contributed by atoms with Crippen LogP contribution in [0.4, 0.5) is 0 Å². The highest BCUT2D eigenvalue weighted by atomic mass is 35.5. The lowest BCUT2D eigenvalue weighted by Gasteiger charge is -2.28. The van der Waals surface area contributed by atoms with E-state index in [1.165, 1.54) is 18.4 Å². The standard InChI is InChI=1S/C16H21ClN2O/c17-12-5-3-4-11(8-12)13-9-14(13)15(20)19-16(10-18)6-1-2-7-16/h3-5,8,13-14H,1-2,6-7,9-10,18H2,(H,19,20). The van der Waals surface area contributed by atoms with Crippen LogP contribution in [0, 0.1) is 5.92 Å². The highest BCUT2D eigenvalue weighted by Crippen LogP contribution is 2.48. The van der Waals surface area contributed by atoms with Gasteiger partial charge in [0.15, 0.2) is 0 Å². The molecule has 2 unspecified atom stereocenters. The van der Waals surface area contributed by atoms with Crippen molar-refractivity contribution in [3.8, 4) is 0 Å². The summed E-state index contributed by atoms with van der Waals surface area (Å²) in [6.07, 6.45) is 5.29. The second-order valence-electron chi connectivity index (χ2n) is 6.18. The summed E-state index contributed by atoms with van der Waals surface area (Å²) in [5.41, 5.74) is 6.90. The molecule has 0 radical (unpaired) electrons. The fourth-order valence-electron chi connectivity index (χ4n) is 3.38. The molecule has 2 aliphatic carbocycles. The lowest BCUT2D eigenvalue weighted by Crippen LogP contribution is -2.52. The zero-order valence-corrected chi connectivity index (χ0v) is 12.3.